The molecule has 5 heteroatoms. The first-order chi connectivity index (χ1) is 11.5. The molecule has 1 atom stereocenters. The highest BCUT2D eigenvalue weighted by molar-refractivity contribution is 6.03. The Kier molecular flexibility index (Phi) is 4.79. The van der Waals surface area contributed by atoms with Gasteiger partial charge in [-0.3, -0.25) is 4.79 Å². The summed E-state index contributed by atoms with van der Waals surface area (Å²) >= 11 is 0. The summed E-state index contributed by atoms with van der Waals surface area (Å²) in [4.78, 5) is 23.6. The standard InChI is InChI=1S/C19H24N4O/c1-13-6-5-11-23(12-13)19-20-10-9-17(22-19)18(24)21-16-8-4-7-14(2)15(16)3/h4,7-10,13H,5-6,11-12H2,1-3H3,(H,21,24). The lowest BCUT2D eigenvalue weighted by Gasteiger charge is -2.30. The Balaban J connectivity index is 1.78. The van der Waals surface area contributed by atoms with Gasteiger partial charge in [-0.05, 0) is 55.9 Å². The van der Waals surface area contributed by atoms with Crippen LogP contribution in [0.4, 0.5) is 11.6 Å². The molecule has 1 aliphatic heterocycles. The quantitative estimate of drug-likeness (QED) is 0.937. The third-order valence-corrected chi connectivity index (χ3v) is 4.67. The SMILES string of the molecule is Cc1cccc(NC(=O)c2ccnc(N3CCCC(C)C3)n2)c1C. The van der Waals surface area contributed by atoms with E-state index in [1.54, 1.807) is 12.3 Å². The fourth-order valence-corrected chi connectivity index (χ4v) is 3.07. The number of piperidine rings is 1. The lowest BCUT2D eigenvalue weighted by Crippen LogP contribution is -2.35. The molecule has 1 aromatic heterocycles. The van der Waals surface area contributed by atoms with Gasteiger partial charge in [-0.25, -0.2) is 9.97 Å². The third-order valence-electron chi connectivity index (χ3n) is 4.67. The Bertz CT molecular complexity index is 744. The number of hydrogen-bond donors (Lipinski definition) is 1. The average Bonchev–Trinajstić information content (AvgIpc) is 2.59. The second kappa shape index (κ2) is 6.99. The maximum atomic E-state index is 12.6. The molecule has 126 valence electrons. The van der Waals surface area contributed by atoms with Crippen molar-refractivity contribution in [1.29, 1.82) is 0 Å². The minimum absolute atomic E-state index is 0.197. The third kappa shape index (κ3) is 3.55. The van der Waals surface area contributed by atoms with Crippen molar-refractivity contribution in [1.82, 2.24) is 9.97 Å². The van der Waals surface area contributed by atoms with Crippen molar-refractivity contribution in [2.24, 2.45) is 5.92 Å². The Labute approximate surface area is 143 Å². The van der Waals surface area contributed by atoms with E-state index in [1.807, 2.05) is 32.0 Å². The molecule has 1 saturated heterocycles. The maximum absolute atomic E-state index is 12.6. The number of benzene rings is 1. The van der Waals surface area contributed by atoms with E-state index in [9.17, 15) is 4.79 Å². The number of rotatable bonds is 3. The molecule has 0 spiro atoms. The summed E-state index contributed by atoms with van der Waals surface area (Å²) in [6.07, 6.45) is 4.05. The topological polar surface area (TPSA) is 58.1 Å². The highest BCUT2D eigenvalue weighted by Crippen LogP contribution is 2.21. The number of amides is 1. The highest BCUT2D eigenvalue weighted by atomic mass is 16.1. The molecule has 1 fully saturated rings. The van der Waals surface area contributed by atoms with E-state index in [2.05, 4.69) is 27.1 Å². The predicted molar refractivity (Wildman–Crippen MR) is 96.5 cm³/mol. The molecule has 0 radical (unpaired) electrons. The van der Waals surface area contributed by atoms with Crippen LogP contribution in [0.3, 0.4) is 0 Å². The van der Waals surface area contributed by atoms with Gasteiger partial charge in [-0.1, -0.05) is 19.1 Å². The number of aryl methyl sites for hydroxylation is 1. The van der Waals surface area contributed by atoms with Crippen LogP contribution in [0.1, 0.15) is 41.4 Å². The van der Waals surface area contributed by atoms with Crippen LogP contribution in [-0.4, -0.2) is 29.0 Å². The van der Waals surface area contributed by atoms with Crippen molar-refractivity contribution in [3.63, 3.8) is 0 Å². The molecule has 24 heavy (non-hydrogen) atoms. The molecule has 1 unspecified atom stereocenters. The van der Waals surface area contributed by atoms with Gasteiger partial charge in [0.1, 0.15) is 5.69 Å². The van der Waals surface area contributed by atoms with Crippen LogP contribution in [0, 0.1) is 19.8 Å². The van der Waals surface area contributed by atoms with E-state index in [0.717, 1.165) is 36.3 Å². The lowest BCUT2D eigenvalue weighted by molar-refractivity contribution is 0.102. The molecule has 5 nitrogen and oxygen atoms in total. The van der Waals surface area contributed by atoms with Crippen molar-refractivity contribution < 1.29 is 4.79 Å². The minimum atomic E-state index is -0.197. The van der Waals surface area contributed by atoms with Gasteiger partial charge in [0.25, 0.3) is 5.91 Å². The van der Waals surface area contributed by atoms with Crippen molar-refractivity contribution >= 4 is 17.5 Å². The van der Waals surface area contributed by atoms with Gasteiger partial charge < -0.3 is 10.2 Å². The van der Waals surface area contributed by atoms with Crippen LogP contribution >= 0.6 is 0 Å². The monoisotopic (exact) mass is 324 g/mol. The average molecular weight is 324 g/mol. The fraction of sp³-hybridized carbons (Fsp3) is 0.421. The first-order valence-corrected chi connectivity index (χ1v) is 8.50. The Hall–Kier alpha value is -2.43. The molecule has 3 rings (SSSR count). The number of carbonyl (C=O) groups is 1. The highest BCUT2D eigenvalue weighted by Gasteiger charge is 2.20. The van der Waals surface area contributed by atoms with Crippen LogP contribution in [0.15, 0.2) is 30.5 Å². The van der Waals surface area contributed by atoms with Gasteiger partial charge in [-0.15, -0.1) is 0 Å². The van der Waals surface area contributed by atoms with Gasteiger partial charge in [0.15, 0.2) is 0 Å². The molecular formula is C19H24N4O. The summed E-state index contributed by atoms with van der Waals surface area (Å²) in [5, 5.41) is 2.96. The molecule has 2 aromatic rings. The summed E-state index contributed by atoms with van der Waals surface area (Å²) in [6.45, 7) is 8.18. The number of nitrogens with one attached hydrogen (secondary N) is 1. The zero-order valence-corrected chi connectivity index (χ0v) is 14.5. The second-order valence-corrected chi connectivity index (χ2v) is 6.64. The fourth-order valence-electron chi connectivity index (χ4n) is 3.07. The van der Waals surface area contributed by atoms with E-state index in [0.29, 0.717) is 17.6 Å². The molecule has 0 bridgehead atoms. The van der Waals surface area contributed by atoms with E-state index in [-0.39, 0.29) is 5.91 Å². The number of anilines is 2. The Morgan fingerprint density at radius 3 is 2.92 bits per heavy atom. The molecule has 1 aliphatic rings. The zero-order chi connectivity index (χ0) is 17.1. The predicted octanol–water partition coefficient (Wildman–Crippen LogP) is 3.58. The van der Waals surface area contributed by atoms with Gasteiger partial charge in [0.05, 0.1) is 0 Å². The first kappa shape index (κ1) is 16.4. The van der Waals surface area contributed by atoms with Crippen LogP contribution < -0.4 is 10.2 Å². The zero-order valence-electron chi connectivity index (χ0n) is 14.5. The van der Waals surface area contributed by atoms with E-state index in [1.165, 1.54) is 6.42 Å². The van der Waals surface area contributed by atoms with Crippen molar-refractivity contribution in [3.05, 3.63) is 47.3 Å². The Morgan fingerprint density at radius 1 is 1.29 bits per heavy atom. The van der Waals surface area contributed by atoms with Gasteiger partial charge in [0, 0.05) is 25.0 Å². The molecule has 1 amide bonds. The summed E-state index contributed by atoms with van der Waals surface area (Å²) in [5.41, 5.74) is 3.45. The summed E-state index contributed by atoms with van der Waals surface area (Å²) in [6, 6.07) is 7.55. The maximum Gasteiger partial charge on any atom is 0.274 e. The van der Waals surface area contributed by atoms with Crippen LogP contribution in [0.2, 0.25) is 0 Å². The van der Waals surface area contributed by atoms with Gasteiger partial charge in [-0.2, -0.15) is 0 Å². The van der Waals surface area contributed by atoms with Gasteiger partial charge >= 0.3 is 0 Å². The van der Waals surface area contributed by atoms with Crippen molar-refractivity contribution in [2.75, 3.05) is 23.3 Å². The molecule has 2 heterocycles. The number of aromatic nitrogens is 2. The molecule has 1 N–H and O–H groups in total. The van der Waals surface area contributed by atoms with E-state index < -0.39 is 0 Å². The largest absolute Gasteiger partial charge is 0.341 e. The normalized spacial score (nSPS) is 17.6. The number of hydrogen-bond acceptors (Lipinski definition) is 4. The van der Waals surface area contributed by atoms with Crippen LogP contribution in [0.5, 0.6) is 0 Å². The van der Waals surface area contributed by atoms with Crippen molar-refractivity contribution in [3.8, 4) is 0 Å². The summed E-state index contributed by atoms with van der Waals surface area (Å²) < 4.78 is 0. The second-order valence-electron chi connectivity index (χ2n) is 6.64. The Morgan fingerprint density at radius 2 is 2.12 bits per heavy atom. The number of carbonyl (C=O) groups excluding carboxylic acids is 1. The van der Waals surface area contributed by atoms with E-state index >= 15 is 0 Å². The molecule has 1 aromatic carbocycles. The minimum Gasteiger partial charge on any atom is -0.341 e. The molecule has 0 aliphatic carbocycles. The number of nitrogens with zero attached hydrogens (tertiary/aromatic N) is 3. The van der Waals surface area contributed by atoms with Crippen molar-refractivity contribution in [2.45, 2.75) is 33.6 Å². The molecule has 0 saturated carbocycles. The molecular weight excluding hydrogens is 300 g/mol. The van der Waals surface area contributed by atoms with Gasteiger partial charge in [0.2, 0.25) is 5.95 Å². The lowest BCUT2D eigenvalue weighted by atomic mass is 10.0. The van der Waals surface area contributed by atoms with Crippen LogP contribution in [-0.2, 0) is 0 Å². The smallest absolute Gasteiger partial charge is 0.274 e. The van der Waals surface area contributed by atoms with Crippen LogP contribution in [0.25, 0.3) is 0 Å². The first-order valence-electron chi connectivity index (χ1n) is 8.50. The summed E-state index contributed by atoms with van der Waals surface area (Å²) in [7, 11) is 0. The van der Waals surface area contributed by atoms with E-state index in [4.69, 9.17) is 0 Å². The summed E-state index contributed by atoms with van der Waals surface area (Å²) in [5.74, 6) is 1.09.